The van der Waals surface area contributed by atoms with Crippen LogP contribution in [0.1, 0.15) is 11.1 Å². The molecule has 0 N–H and O–H groups in total. The molecule has 2 unspecified atom stereocenters. The van der Waals surface area contributed by atoms with Gasteiger partial charge in [0.2, 0.25) is 5.67 Å². The lowest BCUT2D eigenvalue weighted by molar-refractivity contribution is -0.323. The second-order valence-corrected chi connectivity index (χ2v) is 8.54. The summed E-state index contributed by atoms with van der Waals surface area (Å²) in [6.45, 7) is 2.74. The third-order valence-electron chi connectivity index (χ3n) is 5.70. The second-order valence-electron chi connectivity index (χ2n) is 8.54. The molecule has 204 valence electrons. The molecule has 2 aliphatic rings. The molecular formula is C25H26F6O6. The predicted octanol–water partition coefficient (Wildman–Crippen LogP) is 4.69. The Morgan fingerprint density at radius 2 is 1.00 bits per heavy atom. The molecular weight excluding hydrogens is 510 g/mol. The van der Waals surface area contributed by atoms with Gasteiger partial charge in [0, 0.05) is 11.1 Å². The van der Waals surface area contributed by atoms with Crippen molar-refractivity contribution in [2.45, 2.75) is 30.0 Å². The quantitative estimate of drug-likeness (QED) is 0.187. The van der Waals surface area contributed by atoms with E-state index in [1.54, 1.807) is 0 Å². The molecule has 2 aliphatic heterocycles. The molecule has 0 saturated carbocycles. The zero-order valence-corrected chi connectivity index (χ0v) is 19.6. The summed E-state index contributed by atoms with van der Waals surface area (Å²) in [6.07, 6.45) is -6.00. The van der Waals surface area contributed by atoms with Crippen molar-refractivity contribution < 1.29 is 54.8 Å². The van der Waals surface area contributed by atoms with Gasteiger partial charge in [-0.1, -0.05) is 24.3 Å². The van der Waals surface area contributed by atoms with Gasteiger partial charge in [-0.2, -0.15) is 22.0 Å². The lowest BCUT2D eigenvalue weighted by Crippen LogP contribution is -2.53. The van der Waals surface area contributed by atoms with Gasteiger partial charge in [-0.15, -0.1) is 0 Å². The van der Waals surface area contributed by atoms with Crippen LogP contribution in [0, 0.1) is 0 Å². The van der Waals surface area contributed by atoms with E-state index in [9.17, 15) is 22.0 Å². The number of ether oxygens (including phenoxy) is 6. The van der Waals surface area contributed by atoms with Gasteiger partial charge in [0.1, 0.15) is 36.9 Å². The molecule has 12 heteroatoms. The van der Waals surface area contributed by atoms with Crippen molar-refractivity contribution in [2.24, 2.45) is 0 Å². The summed E-state index contributed by atoms with van der Waals surface area (Å²) in [5.74, 6) is -5.42. The van der Waals surface area contributed by atoms with Crippen LogP contribution in [0.5, 0.6) is 11.5 Å². The van der Waals surface area contributed by atoms with E-state index in [0.29, 0.717) is 26.4 Å². The Hall–Kier alpha value is -2.54. The summed E-state index contributed by atoms with van der Waals surface area (Å²) in [4.78, 5) is 0. The standard InChI is InChI=1S/C25H26F6O6/c26-23(24(27,28)25(29,30)31,17-1-5-19(6-2-17)34-11-9-32-13-21-15-36-21)18-3-7-20(8-4-18)35-12-10-33-14-22-16-37-22/h1-8,21-22H,9-16H2. The lowest BCUT2D eigenvalue weighted by Gasteiger charge is -2.35. The third kappa shape index (κ3) is 6.86. The summed E-state index contributed by atoms with van der Waals surface area (Å²) in [5.41, 5.74) is -5.97. The monoisotopic (exact) mass is 536 g/mol. The van der Waals surface area contributed by atoms with E-state index < -0.39 is 28.9 Å². The molecule has 0 amide bonds. The van der Waals surface area contributed by atoms with Crippen LogP contribution in [0.15, 0.2) is 48.5 Å². The van der Waals surface area contributed by atoms with E-state index in [0.717, 1.165) is 48.5 Å². The highest BCUT2D eigenvalue weighted by molar-refractivity contribution is 5.43. The maximum absolute atomic E-state index is 16.0. The average Bonchev–Trinajstić information content (AvgIpc) is 3.79. The van der Waals surface area contributed by atoms with Crippen LogP contribution in [-0.4, -0.2) is 77.2 Å². The molecule has 4 rings (SSSR count). The van der Waals surface area contributed by atoms with Crippen LogP contribution < -0.4 is 9.47 Å². The summed E-state index contributed by atoms with van der Waals surface area (Å²) >= 11 is 0. The largest absolute Gasteiger partial charge is 0.491 e. The number of benzene rings is 2. The van der Waals surface area contributed by atoms with Gasteiger partial charge < -0.3 is 28.4 Å². The van der Waals surface area contributed by atoms with Crippen molar-refractivity contribution in [1.29, 1.82) is 0 Å². The smallest absolute Gasteiger partial charge is 0.457 e. The first-order valence-corrected chi connectivity index (χ1v) is 11.6. The van der Waals surface area contributed by atoms with Crippen molar-refractivity contribution in [3.05, 3.63) is 59.7 Å². The van der Waals surface area contributed by atoms with Gasteiger partial charge in [0.05, 0.1) is 39.6 Å². The highest BCUT2D eigenvalue weighted by Crippen LogP contribution is 2.54. The molecule has 2 fully saturated rings. The molecule has 0 aromatic heterocycles. The molecule has 0 aliphatic carbocycles. The van der Waals surface area contributed by atoms with Gasteiger partial charge in [0.15, 0.2) is 0 Å². The molecule has 2 aromatic rings. The van der Waals surface area contributed by atoms with Gasteiger partial charge in [0.25, 0.3) is 0 Å². The number of epoxide rings is 2. The Morgan fingerprint density at radius 1 is 0.622 bits per heavy atom. The second kappa shape index (κ2) is 11.5. The SMILES string of the molecule is FC(F)(F)C(F)(F)C(F)(c1ccc(OCCOCC2CO2)cc1)c1ccc(OCCOCC2CO2)cc1. The minimum atomic E-state index is -6.16. The number of hydrogen-bond donors (Lipinski definition) is 0. The zero-order valence-electron chi connectivity index (χ0n) is 19.6. The molecule has 6 nitrogen and oxygen atoms in total. The summed E-state index contributed by atoms with van der Waals surface area (Å²) in [7, 11) is 0. The number of alkyl halides is 6. The minimum Gasteiger partial charge on any atom is -0.491 e. The summed E-state index contributed by atoms with van der Waals surface area (Å²) in [5, 5.41) is 0. The maximum atomic E-state index is 16.0. The van der Waals surface area contributed by atoms with Crippen molar-refractivity contribution in [3.63, 3.8) is 0 Å². The minimum absolute atomic E-state index is 0.0781. The molecule has 0 radical (unpaired) electrons. The van der Waals surface area contributed by atoms with Gasteiger partial charge in [-0.05, 0) is 24.3 Å². The van der Waals surface area contributed by atoms with Crippen LogP contribution >= 0.6 is 0 Å². The van der Waals surface area contributed by atoms with Crippen molar-refractivity contribution >= 4 is 0 Å². The normalized spacial score (nSPS) is 20.8. The number of hydrogen-bond acceptors (Lipinski definition) is 6. The van der Waals surface area contributed by atoms with E-state index in [-0.39, 0.29) is 50.1 Å². The molecule has 2 heterocycles. The maximum Gasteiger partial charge on any atom is 0.457 e. The van der Waals surface area contributed by atoms with E-state index in [2.05, 4.69) is 0 Å². The van der Waals surface area contributed by atoms with Crippen LogP contribution in [0.4, 0.5) is 26.3 Å². The van der Waals surface area contributed by atoms with Crippen molar-refractivity contribution in [1.82, 2.24) is 0 Å². The Bertz CT molecular complexity index is 925. The third-order valence-corrected chi connectivity index (χ3v) is 5.70. The van der Waals surface area contributed by atoms with Crippen LogP contribution in [-0.2, 0) is 24.6 Å². The van der Waals surface area contributed by atoms with Gasteiger partial charge in [-0.25, -0.2) is 4.39 Å². The fraction of sp³-hybridized carbons (Fsp3) is 0.520. The fourth-order valence-corrected chi connectivity index (χ4v) is 3.48. The zero-order chi connectivity index (χ0) is 26.5. The Balaban J connectivity index is 1.44. The fourth-order valence-electron chi connectivity index (χ4n) is 3.48. The average molecular weight is 536 g/mol. The molecule has 2 atom stereocenters. The van der Waals surface area contributed by atoms with Crippen LogP contribution in [0.2, 0.25) is 0 Å². The van der Waals surface area contributed by atoms with Crippen LogP contribution in [0.25, 0.3) is 0 Å². The van der Waals surface area contributed by atoms with E-state index >= 15 is 4.39 Å². The molecule has 0 bridgehead atoms. The first-order chi connectivity index (χ1) is 17.6. The molecule has 0 spiro atoms. The van der Waals surface area contributed by atoms with Crippen molar-refractivity contribution in [3.8, 4) is 11.5 Å². The molecule has 2 saturated heterocycles. The van der Waals surface area contributed by atoms with E-state index in [1.165, 1.54) is 0 Å². The van der Waals surface area contributed by atoms with Gasteiger partial charge >= 0.3 is 12.1 Å². The summed E-state index contributed by atoms with van der Waals surface area (Å²) in [6, 6.07) is 7.90. The topological polar surface area (TPSA) is 62.0 Å². The number of halogens is 6. The Kier molecular flexibility index (Phi) is 8.52. The Labute approximate surface area is 209 Å². The highest BCUT2D eigenvalue weighted by Gasteiger charge is 2.72. The van der Waals surface area contributed by atoms with E-state index in [4.69, 9.17) is 28.4 Å². The summed E-state index contributed by atoms with van der Waals surface area (Å²) < 4.78 is 117. The first-order valence-electron chi connectivity index (χ1n) is 11.6. The van der Waals surface area contributed by atoms with Crippen LogP contribution in [0.3, 0.4) is 0 Å². The van der Waals surface area contributed by atoms with Crippen molar-refractivity contribution in [2.75, 3.05) is 52.9 Å². The number of rotatable bonds is 15. The molecule has 37 heavy (non-hydrogen) atoms. The van der Waals surface area contributed by atoms with E-state index in [1.807, 2.05) is 0 Å². The highest BCUT2D eigenvalue weighted by atomic mass is 19.4. The van der Waals surface area contributed by atoms with Gasteiger partial charge in [-0.3, -0.25) is 0 Å². The first kappa shape index (κ1) is 27.5. The molecule has 2 aromatic carbocycles. The lowest BCUT2D eigenvalue weighted by atomic mass is 9.82. The predicted molar refractivity (Wildman–Crippen MR) is 118 cm³/mol. The Morgan fingerprint density at radius 3 is 1.32 bits per heavy atom.